The van der Waals surface area contributed by atoms with Gasteiger partial charge >= 0.3 is 0 Å². The van der Waals surface area contributed by atoms with E-state index < -0.39 is 12.0 Å². The van der Waals surface area contributed by atoms with E-state index in [1.54, 1.807) is 25.1 Å². The fourth-order valence-corrected chi connectivity index (χ4v) is 2.11. The maximum Gasteiger partial charge on any atom is 0.261 e. The highest BCUT2D eigenvalue weighted by molar-refractivity contribution is 5.92. The van der Waals surface area contributed by atoms with Gasteiger partial charge in [0.15, 0.2) is 6.10 Å². The molecule has 3 N–H and O–H groups in total. The van der Waals surface area contributed by atoms with Crippen molar-refractivity contribution in [2.45, 2.75) is 26.5 Å². The first-order valence-electron chi connectivity index (χ1n) is 7.35. The number of primary amides is 1. The number of benzene rings is 2. The SMILES string of the molecule is Cc1cccc(OC(C)C(=O)NCc2cccc(C(N)=O)c2)c1. The van der Waals surface area contributed by atoms with Crippen LogP contribution in [0.2, 0.25) is 0 Å². The predicted octanol–water partition coefficient (Wildman–Crippen LogP) is 2.18. The minimum Gasteiger partial charge on any atom is -0.481 e. The Kier molecular flexibility index (Phi) is 5.36. The normalized spacial score (nSPS) is 11.6. The molecule has 0 aliphatic rings. The molecule has 5 heteroatoms. The van der Waals surface area contributed by atoms with Crippen LogP contribution >= 0.6 is 0 Å². The topological polar surface area (TPSA) is 81.4 Å². The summed E-state index contributed by atoms with van der Waals surface area (Å²) >= 11 is 0. The highest BCUT2D eigenvalue weighted by atomic mass is 16.5. The number of amides is 2. The summed E-state index contributed by atoms with van der Waals surface area (Å²) in [5, 5.41) is 2.78. The van der Waals surface area contributed by atoms with Crippen molar-refractivity contribution in [1.82, 2.24) is 5.32 Å². The second kappa shape index (κ2) is 7.45. The summed E-state index contributed by atoms with van der Waals surface area (Å²) in [6.45, 7) is 3.96. The molecule has 23 heavy (non-hydrogen) atoms. The molecule has 0 heterocycles. The van der Waals surface area contributed by atoms with E-state index in [0.29, 0.717) is 17.9 Å². The summed E-state index contributed by atoms with van der Waals surface area (Å²) in [5.74, 6) is -0.0614. The second-order valence-electron chi connectivity index (χ2n) is 5.36. The van der Waals surface area contributed by atoms with Crippen molar-refractivity contribution >= 4 is 11.8 Å². The van der Waals surface area contributed by atoms with Gasteiger partial charge in [-0.2, -0.15) is 0 Å². The summed E-state index contributed by atoms with van der Waals surface area (Å²) in [6.07, 6.45) is -0.615. The zero-order valence-corrected chi connectivity index (χ0v) is 13.2. The van der Waals surface area contributed by atoms with Crippen molar-refractivity contribution in [3.8, 4) is 5.75 Å². The molecule has 2 amide bonds. The summed E-state index contributed by atoms with van der Waals surface area (Å²) < 4.78 is 5.62. The molecular formula is C18H20N2O3. The van der Waals surface area contributed by atoms with Crippen molar-refractivity contribution in [3.63, 3.8) is 0 Å². The zero-order chi connectivity index (χ0) is 16.8. The number of carbonyl (C=O) groups excluding carboxylic acids is 2. The monoisotopic (exact) mass is 312 g/mol. The molecule has 0 aliphatic carbocycles. The zero-order valence-electron chi connectivity index (χ0n) is 13.2. The Balaban J connectivity index is 1.91. The summed E-state index contributed by atoms with van der Waals surface area (Å²) in [6, 6.07) is 14.4. The number of rotatable bonds is 6. The average molecular weight is 312 g/mol. The molecule has 0 aliphatic heterocycles. The Morgan fingerprint density at radius 2 is 1.91 bits per heavy atom. The van der Waals surface area contributed by atoms with E-state index in [1.165, 1.54) is 0 Å². The number of ether oxygens (including phenoxy) is 1. The maximum atomic E-state index is 12.1. The highest BCUT2D eigenvalue weighted by Crippen LogP contribution is 2.14. The van der Waals surface area contributed by atoms with Crippen LogP contribution in [-0.4, -0.2) is 17.9 Å². The molecule has 120 valence electrons. The van der Waals surface area contributed by atoms with E-state index in [0.717, 1.165) is 11.1 Å². The number of nitrogens with two attached hydrogens (primary N) is 1. The van der Waals surface area contributed by atoms with Gasteiger partial charge < -0.3 is 15.8 Å². The van der Waals surface area contributed by atoms with Gasteiger partial charge in [0, 0.05) is 12.1 Å². The van der Waals surface area contributed by atoms with Gasteiger partial charge in [0.05, 0.1) is 0 Å². The molecule has 1 unspecified atom stereocenters. The van der Waals surface area contributed by atoms with Crippen LogP contribution in [0.25, 0.3) is 0 Å². The fourth-order valence-electron chi connectivity index (χ4n) is 2.11. The van der Waals surface area contributed by atoms with E-state index in [1.807, 2.05) is 37.3 Å². The molecular weight excluding hydrogens is 292 g/mol. The Morgan fingerprint density at radius 3 is 2.61 bits per heavy atom. The highest BCUT2D eigenvalue weighted by Gasteiger charge is 2.14. The van der Waals surface area contributed by atoms with Gasteiger partial charge in [-0.25, -0.2) is 0 Å². The third-order valence-electron chi connectivity index (χ3n) is 3.35. The quantitative estimate of drug-likeness (QED) is 0.857. The van der Waals surface area contributed by atoms with Gasteiger partial charge in [0.1, 0.15) is 5.75 Å². The number of aryl methyl sites for hydroxylation is 1. The van der Waals surface area contributed by atoms with Crippen molar-refractivity contribution in [1.29, 1.82) is 0 Å². The Morgan fingerprint density at radius 1 is 1.17 bits per heavy atom. The van der Waals surface area contributed by atoms with Crippen LogP contribution < -0.4 is 15.8 Å². The summed E-state index contributed by atoms with van der Waals surface area (Å²) in [4.78, 5) is 23.2. The van der Waals surface area contributed by atoms with Crippen LogP contribution in [0, 0.1) is 6.92 Å². The van der Waals surface area contributed by atoms with Crippen LogP contribution in [-0.2, 0) is 11.3 Å². The van der Waals surface area contributed by atoms with Crippen molar-refractivity contribution in [3.05, 3.63) is 65.2 Å². The number of hydrogen-bond donors (Lipinski definition) is 2. The molecule has 2 aromatic rings. The second-order valence-corrected chi connectivity index (χ2v) is 5.36. The lowest BCUT2D eigenvalue weighted by Gasteiger charge is -2.15. The molecule has 0 saturated carbocycles. The van der Waals surface area contributed by atoms with E-state index in [2.05, 4.69) is 5.32 Å². The lowest BCUT2D eigenvalue weighted by molar-refractivity contribution is -0.127. The number of nitrogens with one attached hydrogen (secondary N) is 1. The van der Waals surface area contributed by atoms with E-state index in [-0.39, 0.29) is 5.91 Å². The number of hydrogen-bond acceptors (Lipinski definition) is 3. The molecule has 0 saturated heterocycles. The van der Waals surface area contributed by atoms with Gasteiger partial charge in [-0.1, -0.05) is 24.3 Å². The first kappa shape index (κ1) is 16.5. The molecule has 2 aromatic carbocycles. The van der Waals surface area contributed by atoms with Crippen LogP contribution in [0.1, 0.15) is 28.4 Å². The predicted molar refractivity (Wildman–Crippen MR) is 88.1 cm³/mol. The smallest absolute Gasteiger partial charge is 0.261 e. The molecule has 5 nitrogen and oxygen atoms in total. The molecule has 0 radical (unpaired) electrons. The molecule has 0 aromatic heterocycles. The number of carbonyl (C=O) groups is 2. The third kappa shape index (κ3) is 4.85. The summed E-state index contributed by atoms with van der Waals surface area (Å²) in [7, 11) is 0. The van der Waals surface area contributed by atoms with Gasteiger partial charge in [0.2, 0.25) is 5.91 Å². The average Bonchev–Trinajstić information content (AvgIpc) is 2.52. The van der Waals surface area contributed by atoms with Crippen molar-refractivity contribution < 1.29 is 14.3 Å². The third-order valence-corrected chi connectivity index (χ3v) is 3.35. The van der Waals surface area contributed by atoms with Crippen LogP contribution in [0.15, 0.2) is 48.5 Å². The minimum absolute atomic E-state index is 0.226. The standard InChI is InChI=1S/C18H20N2O3/c1-12-5-3-8-16(9-12)23-13(2)18(22)20-11-14-6-4-7-15(10-14)17(19)21/h3-10,13H,11H2,1-2H3,(H2,19,21)(H,20,22). The van der Waals surface area contributed by atoms with Crippen LogP contribution in [0.4, 0.5) is 0 Å². The summed E-state index contributed by atoms with van der Waals surface area (Å²) in [5.41, 5.74) is 7.53. The fraction of sp³-hybridized carbons (Fsp3) is 0.222. The van der Waals surface area contributed by atoms with Crippen LogP contribution in [0.5, 0.6) is 5.75 Å². The lowest BCUT2D eigenvalue weighted by Crippen LogP contribution is -2.35. The van der Waals surface area contributed by atoms with Gasteiger partial charge in [-0.15, -0.1) is 0 Å². The molecule has 0 spiro atoms. The van der Waals surface area contributed by atoms with E-state index >= 15 is 0 Å². The van der Waals surface area contributed by atoms with Gasteiger partial charge in [-0.05, 0) is 49.2 Å². The van der Waals surface area contributed by atoms with Crippen molar-refractivity contribution in [2.24, 2.45) is 5.73 Å². The first-order chi connectivity index (χ1) is 11.0. The Hall–Kier alpha value is -2.82. The minimum atomic E-state index is -0.615. The Bertz CT molecular complexity index is 713. The van der Waals surface area contributed by atoms with Crippen LogP contribution in [0.3, 0.4) is 0 Å². The van der Waals surface area contributed by atoms with Gasteiger partial charge in [-0.3, -0.25) is 9.59 Å². The largest absolute Gasteiger partial charge is 0.481 e. The maximum absolute atomic E-state index is 12.1. The Labute approximate surface area is 135 Å². The van der Waals surface area contributed by atoms with Gasteiger partial charge in [0.25, 0.3) is 5.91 Å². The van der Waals surface area contributed by atoms with E-state index in [9.17, 15) is 9.59 Å². The molecule has 0 bridgehead atoms. The van der Waals surface area contributed by atoms with Crippen molar-refractivity contribution in [2.75, 3.05) is 0 Å². The van der Waals surface area contributed by atoms with E-state index in [4.69, 9.17) is 10.5 Å². The first-order valence-corrected chi connectivity index (χ1v) is 7.35. The molecule has 2 rings (SSSR count). The molecule has 0 fully saturated rings. The molecule has 1 atom stereocenters. The lowest BCUT2D eigenvalue weighted by atomic mass is 10.1.